The Morgan fingerprint density at radius 1 is 0.539 bits per heavy atom. The van der Waals surface area contributed by atoms with E-state index < -0.39 is 114 Å². The predicted octanol–water partition coefficient (Wildman–Crippen LogP) is -1.17. The highest BCUT2D eigenvalue weighted by Gasteiger charge is 2.34. The fourth-order valence-corrected chi connectivity index (χ4v) is 8.10. The summed E-state index contributed by atoms with van der Waals surface area (Å²) in [4.78, 5) is 145. The minimum absolute atomic E-state index is 0.00901. The zero-order chi connectivity index (χ0) is 55.6. The molecule has 0 bridgehead atoms. The van der Waals surface area contributed by atoms with E-state index in [0.717, 1.165) is 12.0 Å². The first kappa shape index (κ1) is 60.3. The van der Waals surface area contributed by atoms with E-state index in [1.807, 2.05) is 6.07 Å². The lowest BCUT2D eigenvalue weighted by Crippen LogP contribution is -2.59. The maximum Gasteiger partial charge on any atom is 0.306 e. The standard InChI is InChI=1S/C53H71N11O12/c1-32(2)27-40(52(74)60-36(47(56)69)22-25-46(68)76-31-35-17-10-5-11-18-35)59-45(67)30-58-48(70)41(28-33-13-6-3-7-14-33)63-53(75)42(29-34-15-8-4-9-16-34)64-51(73)39(21-24-44(55)66)62-50(72)38(20-23-43(54)65)61-49(71)37-19-12-26-57-37/h3-11,13-18,32,36-42,57H,12,19-31H2,1-2H3,(H2,54,65)(H2,55,66)(H2,56,69)(H,58,70)(H,59,67)(H,60,74)(H,61,71)(H,62,72)(H,63,75)(H,64,73)/t36-,37-,38-,39-,40-,41-,42-/m0/s1. The van der Waals surface area contributed by atoms with Crippen LogP contribution in [0.2, 0.25) is 0 Å². The zero-order valence-corrected chi connectivity index (χ0v) is 42.8. The van der Waals surface area contributed by atoms with E-state index in [1.54, 1.807) is 98.8 Å². The number of ether oxygens (including phenoxy) is 1. The molecule has 0 radical (unpaired) electrons. The summed E-state index contributed by atoms with van der Waals surface area (Å²) < 4.78 is 5.28. The van der Waals surface area contributed by atoms with Crippen molar-refractivity contribution in [3.05, 3.63) is 108 Å². The number of carbonyl (C=O) groups is 11. The summed E-state index contributed by atoms with van der Waals surface area (Å²) in [6.45, 7) is 3.52. The summed E-state index contributed by atoms with van der Waals surface area (Å²) in [5, 5.41) is 21.1. The van der Waals surface area contributed by atoms with Gasteiger partial charge in [0.05, 0.1) is 12.6 Å². The van der Waals surface area contributed by atoms with Gasteiger partial charge >= 0.3 is 5.97 Å². The molecule has 3 aromatic rings. The molecule has 7 atom stereocenters. The van der Waals surface area contributed by atoms with E-state index in [9.17, 15) is 52.7 Å². The van der Waals surface area contributed by atoms with Gasteiger partial charge in [0.15, 0.2) is 0 Å². The minimum atomic E-state index is -1.50. The summed E-state index contributed by atoms with van der Waals surface area (Å²) >= 11 is 0. The third kappa shape index (κ3) is 22.1. The number of hydrogen-bond donors (Lipinski definition) is 11. The molecule has 0 unspecified atom stereocenters. The second kappa shape index (κ2) is 31.5. The first-order chi connectivity index (χ1) is 36.3. The number of amides is 10. The van der Waals surface area contributed by atoms with Gasteiger partial charge in [0.2, 0.25) is 59.1 Å². The molecule has 0 saturated carbocycles. The molecule has 23 nitrogen and oxygen atoms in total. The molecule has 0 aromatic heterocycles. The van der Waals surface area contributed by atoms with E-state index in [1.165, 1.54) is 0 Å². The van der Waals surface area contributed by atoms with Crippen LogP contribution in [0.1, 0.15) is 88.3 Å². The number of rotatable bonds is 32. The highest BCUT2D eigenvalue weighted by atomic mass is 16.5. The molecule has 1 saturated heterocycles. The van der Waals surface area contributed by atoms with Crippen LogP contribution in [0.15, 0.2) is 91.0 Å². The lowest BCUT2D eigenvalue weighted by atomic mass is 10.0. The van der Waals surface area contributed by atoms with E-state index in [4.69, 9.17) is 21.9 Å². The van der Waals surface area contributed by atoms with Gasteiger partial charge in [0, 0.05) is 32.1 Å². The topological polar surface area (TPSA) is 371 Å². The van der Waals surface area contributed by atoms with Crippen molar-refractivity contribution in [2.75, 3.05) is 13.1 Å². The van der Waals surface area contributed by atoms with E-state index >= 15 is 0 Å². The molecular formula is C53H71N11O12. The lowest BCUT2D eigenvalue weighted by Gasteiger charge is -2.27. The third-order valence-electron chi connectivity index (χ3n) is 12.2. The molecule has 3 aromatic carbocycles. The normalized spacial score (nSPS) is 15.2. The Morgan fingerprint density at radius 3 is 1.47 bits per heavy atom. The maximum atomic E-state index is 14.4. The highest BCUT2D eigenvalue weighted by molar-refractivity contribution is 5.97. The van der Waals surface area contributed by atoms with Crippen molar-refractivity contribution in [3.63, 3.8) is 0 Å². The molecule has 0 aliphatic carbocycles. The van der Waals surface area contributed by atoms with Crippen molar-refractivity contribution in [2.45, 2.75) is 133 Å². The zero-order valence-electron chi connectivity index (χ0n) is 42.8. The first-order valence-corrected chi connectivity index (χ1v) is 25.2. The summed E-state index contributed by atoms with van der Waals surface area (Å²) in [5.74, 6) is -8.77. The molecule has 1 heterocycles. The van der Waals surface area contributed by atoms with Crippen LogP contribution in [-0.2, 0) is 76.9 Å². The predicted molar refractivity (Wildman–Crippen MR) is 277 cm³/mol. The Bertz CT molecular complexity index is 2460. The van der Waals surface area contributed by atoms with Crippen LogP contribution in [0.3, 0.4) is 0 Å². The van der Waals surface area contributed by atoms with Gasteiger partial charge in [-0.1, -0.05) is 105 Å². The van der Waals surface area contributed by atoms with Gasteiger partial charge in [0.25, 0.3) is 0 Å². The Morgan fingerprint density at radius 2 is 0.987 bits per heavy atom. The maximum absolute atomic E-state index is 14.4. The van der Waals surface area contributed by atoms with Crippen LogP contribution < -0.4 is 59.7 Å². The van der Waals surface area contributed by atoms with Crippen LogP contribution in [-0.4, -0.2) is 120 Å². The molecule has 0 spiro atoms. The molecule has 10 amide bonds. The van der Waals surface area contributed by atoms with Crippen molar-refractivity contribution >= 4 is 65.0 Å². The minimum Gasteiger partial charge on any atom is -0.461 e. The summed E-state index contributed by atoms with van der Waals surface area (Å²) in [6.07, 6.45) is -0.510. The van der Waals surface area contributed by atoms with Crippen molar-refractivity contribution < 1.29 is 57.5 Å². The molecule has 14 N–H and O–H groups in total. The molecule has 1 aliphatic rings. The molecule has 1 fully saturated rings. The fraction of sp³-hybridized carbons (Fsp3) is 0.453. The number of nitrogens with one attached hydrogen (secondary N) is 8. The summed E-state index contributed by atoms with van der Waals surface area (Å²) in [5.41, 5.74) is 18.3. The lowest BCUT2D eigenvalue weighted by molar-refractivity contribution is -0.145. The van der Waals surface area contributed by atoms with E-state index in [0.29, 0.717) is 24.1 Å². The van der Waals surface area contributed by atoms with Crippen LogP contribution >= 0.6 is 0 Å². The van der Waals surface area contributed by atoms with Crippen molar-refractivity contribution in [1.82, 2.24) is 42.5 Å². The number of esters is 1. The van der Waals surface area contributed by atoms with Gasteiger partial charge < -0.3 is 64.5 Å². The van der Waals surface area contributed by atoms with Gasteiger partial charge in [-0.05, 0) is 67.7 Å². The van der Waals surface area contributed by atoms with Crippen molar-refractivity contribution in [1.29, 1.82) is 0 Å². The summed E-state index contributed by atoms with van der Waals surface area (Å²) in [7, 11) is 0. The number of primary amides is 3. The highest BCUT2D eigenvalue weighted by Crippen LogP contribution is 2.12. The van der Waals surface area contributed by atoms with Crippen LogP contribution in [0.4, 0.5) is 0 Å². The van der Waals surface area contributed by atoms with Crippen LogP contribution in [0.5, 0.6) is 0 Å². The first-order valence-electron chi connectivity index (χ1n) is 25.2. The monoisotopic (exact) mass is 1050 g/mol. The van der Waals surface area contributed by atoms with Crippen LogP contribution in [0, 0.1) is 5.92 Å². The summed E-state index contributed by atoms with van der Waals surface area (Å²) in [6, 6.07) is 17.4. The van der Waals surface area contributed by atoms with Crippen molar-refractivity contribution in [3.8, 4) is 0 Å². The smallest absolute Gasteiger partial charge is 0.306 e. The van der Waals surface area contributed by atoms with Gasteiger partial charge in [0.1, 0.15) is 42.9 Å². The molecular weight excluding hydrogens is 983 g/mol. The van der Waals surface area contributed by atoms with Gasteiger partial charge in [-0.2, -0.15) is 0 Å². The number of benzene rings is 3. The quantitative estimate of drug-likeness (QED) is 0.0329. The van der Waals surface area contributed by atoms with E-state index in [2.05, 4.69) is 42.5 Å². The SMILES string of the molecule is CC(C)C[C@H](NC(=O)CNC(=O)[C@H](Cc1ccccc1)NC(=O)[C@H](Cc1ccccc1)NC(=O)[C@H](CCC(N)=O)NC(=O)[C@H](CCC(N)=O)NC(=O)[C@@H]1CCCN1)C(=O)N[C@@H](CCC(=O)OCc1ccccc1)C(N)=O. The average Bonchev–Trinajstić information content (AvgIpc) is 3.94. The van der Waals surface area contributed by atoms with Gasteiger partial charge in [-0.3, -0.25) is 52.7 Å². The Balaban J connectivity index is 1.49. The largest absolute Gasteiger partial charge is 0.461 e. The Kier molecular flexibility index (Phi) is 25.0. The fourth-order valence-electron chi connectivity index (χ4n) is 8.10. The van der Waals surface area contributed by atoms with Crippen LogP contribution in [0.25, 0.3) is 0 Å². The number of carbonyl (C=O) groups excluding carboxylic acids is 11. The molecule has 410 valence electrons. The molecule has 4 rings (SSSR count). The van der Waals surface area contributed by atoms with Crippen molar-refractivity contribution in [2.24, 2.45) is 23.1 Å². The molecule has 1 aliphatic heterocycles. The second-order valence-electron chi connectivity index (χ2n) is 18.9. The average molecular weight is 1050 g/mol. The third-order valence-corrected chi connectivity index (χ3v) is 12.2. The Labute approximate surface area is 441 Å². The number of nitrogens with two attached hydrogens (primary N) is 3. The van der Waals surface area contributed by atoms with E-state index in [-0.39, 0.29) is 70.3 Å². The Hall–Kier alpha value is -8.21. The second-order valence-corrected chi connectivity index (χ2v) is 18.9. The van der Waals surface area contributed by atoms with Gasteiger partial charge in [-0.15, -0.1) is 0 Å². The van der Waals surface area contributed by atoms with Gasteiger partial charge in [-0.25, -0.2) is 0 Å². The number of hydrogen-bond acceptors (Lipinski definition) is 13. The molecule has 23 heteroatoms. The molecule has 76 heavy (non-hydrogen) atoms.